The lowest BCUT2D eigenvalue weighted by Gasteiger charge is -2.24. The van der Waals surface area contributed by atoms with Gasteiger partial charge in [0.25, 0.3) is 5.56 Å². The van der Waals surface area contributed by atoms with E-state index in [0.717, 1.165) is 5.39 Å². The van der Waals surface area contributed by atoms with Crippen molar-refractivity contribution in [3.05, 3.63) is 80.9 Å². The molecule has 0 aliphatic rings. The van der Waals surface area contributed by atoms with Crippen LogP contribution in [0.3, 0.4) is 0 Å². The monoisotopic (exact) mass is 564 g/mol. The molecule has 212 valence electrons. The molecule has 0 aliphatic heterocycles. The number of aryl methyl sites for hydroxylation is 1. The molecule has 9 heteroatoms. The van der Waals surface area contributed by atoms with Crippen molar-refractivity contribution in [3.8, 4) is 5.69 Å². The SMILES string of the molecule is Cc1cc2cc(Cl)cc(C(=O)CCC(C)(C)CC(=O)Nc3c(CC(C)(C)N)n(C)n(-c4ccccc4)c3=O)c2o1. The molecule has 0 atom stereocenters. The Hall–Kier alpha value is -3.62. The predicted molar refractivity (Wildman–Crippen MR) is 160 cm³/mol. The summed E-state index contributed by atoms with van der Waals surface area (Å²) in [5.74, 6) is 0.299. The van der Waals surface area contributed by atoms with Gasteiger partial charge in [-0.15, -0.1) is 0 Å². The van der Waals surface area contributed by atoms with E-state index in [9.17, 15) is 14.4 Å². The van der Waals surface area contributed by atoms with Crippen LogP contribution in [-0.2, 0) is 18.3 Å². The number of carbonyl (C=O) groups is 2. The maximum absolute atomic E-state index is 13.5. The topological polar surface area (TPSA) is 112 Å². The number of aromatic nitrogens is 2. The predicted octanol–water partition coefficient (Wildman–Crippen LogP) is 6.18. The largest absolute Gasteiger partial charge is 0.461 e. The van der Waals surface area contributed by atoms with Gasteiger partial charge < -0.3 is 15.5 Å². The molecular weight excluding hydrogens is 528 g/mol. The van der Waals surface area contributed by atoms with Gasteiger partial charge in [-0.05, 0) is 62.9 Å². The number of nitrogens with one attached hydrogen (secondary N) is 1. The van der Waals surface area contributed by atoms with E-state index in [4.69, 9.17) is 21.8 Å². The first-order chi connectivity index (χ1) is 18.6. The summed E-state index contributed by atoms with van der Waals surface area (Å²) in [5, 5.41) is 4.13. The summed E-state index contributed by atoms with van der Waals surface area (Å²) in [5.41, 5.74) is 7.37. The van der Waals surface area contributed by atoms with Gasteiger partial charge in [-0.1, -0.05) is 43.6 Å². The van der Waals surface area contributed by atoms with Gasteiger partial charge in [-0.2, -0.15) is 0 Å². The van der Waals surface area contributed by atoms with E-state index < -0.39 is 11.0 Å². The fourth-order valence-electron chi connectivity index (χ4n) is 5.01. The van der Waals surface area contributed by atoms with E-state index in [-0.39, 0.29) is 35.8 Å². The van der Waals surface area contributed by atoms with Gasteiger partial charge in [-0.3, -0.25) is 19.1 Å². The Labute approximate surface area is 239 Å². The molecule has 0 unspecified atom stereocenters. The third kappa shape index (κ3) is 6.57. The number of amides is 1. The average Bonchev–Trinajstić information content (AvgIpc) is 3.32. The first-order valence-electron chi connectivity index (χ1n) is 13.3. The number of nitrogens with two attached hydrogens (primary N) is 1. The standard InChI is InChI=1S/C31H37ClN4O4/c1-19-14-20-15-21(32)16-23(28(20)40-19)25(37)12-13-30(2,3)18-26(38)34-27-24(17-31(4,5)33)35(6)36(29(27)39)22-10-8-7-9-11-22/h7-11,14-16H,12-13,17-18,33H2,1-6H3,(H,34,38). The van der Waals surface area contributed by atoms with Gasteiger partial charge in [0, 0.05) is 42.3 Å². The van der Waals surface area contributed by atoms with Gasteiger partial charge in [0.1, 0.15) is 17.0 Å². The molecule has 0 fully saturated rings. The fourth-order valence-corrected chi connectivity index (χ4v) is 5.24. The van der Waals surface area contributed by atoms with E-state index in [1.807, 2.05) is 71.0 Å². The smallest absolute Gasteiger partial charge is 0.295 e. The van der Waals surface area contributed by atoms with Crippen molar-refractivity contribution in [3.63, 3.8) is 0 Å². The number of halogens is 1. The van der Waals surface area contributed by atoms with Crippen molar-refractivity contribution in [1.82, 2.24) is 9.36 Å². The molecule has 0 bridgehead atoms. The summed E-state index contributed by atoms with van der Waals surface area (Å²) in [6, 6.07) is 14.5. The fraction of sp³-hybridized carbons (Fsp3) is 0.387. The highest BCUT2D eigenvalue weighted by Crippen LogP contribution is 2.32. The van der Waals surface area contributed by atoms with Crippen LogP contribution in [0, 0.1) is 12.3 Å². The summed E-state index contributed by atoms with van der Waals surface area (Å²) in [4.78, 5) is 40.0. The Balaban J connectivity index is 1.52. The Bertz CT molecular complexity index is 1620. The van der Waals surface area contributed by atoms with E-state index in [1.54, 1.807) is 23.9 Å². The van der Waals surface area contributed by atoms with E-state index in [1.165, 1.54) is 4.68 Å². The van der Waals surface area contributed by atoms with Crippen LogP contribution >= 0.6 is 11.6 Å². The number of ketones is 1. The number of fused-ring (bicyclic) bond motifs is 1. The molecule has 2 heterocycles. The molecule has 0 radical (unpaired) electrons. The van der Waals surface area contributed by atoms with Crippen LogP contribution in [0.25, 0.3) is 16.7 Å². The number of carbonyl (C=O) groups excluding carboxylic acids is 2. The minimum atomic E-state index is -0.607. The van der Waals surface area contributed by atoms with Gasteiger partial charge >= 0.3 is 0 Å². The van der Waals surface area contributed by atoms with Gasteiger partial charge in [0.15, 0.2) is 5.78 Å². The zero-order valence-electron chi connectivity index (χ0n) is 23.9. The number of rotatable bonds is 10. The summed E-state index contributed by atoms with van der Waals surface area (Å²) in [6.07, 6.45) is 1.18. The normalized spacial score (nSPS) is 12.2. The number of Topliss-reactive ketones (excluding diaryl/α,β-unsaturated/α-hetero) is 1. The van der Waals surface area contributed by atoms with Crippen molar-refractivity contribution in [2.75, 3.05) is 5.32 Å². The van der Waals surface area contributed by atoms with Crippen molar-refractivity contribution in [2.45, 2.75) is 65.8 Å². The van der Waals surface area contributed by atoms with Gasteiger partial charge in [0.2, 0.25) is 5.91 Å². The molecule has 4 rings (SSSR count). The zero-order chi connectivity index (χ0) is 29.4. The zero-order valence-corrected chi connectivity index (χ0v) is 24.7. The van der Waals surface area contributed by atoms with Crippen LogP contribution in [0.5, 0.6) is 0 Å². The van der Waals surface area contributed by atoms with Crippen molar-refractivity contribution >= 4 is 39.9 Å². The Morgan fingerprint density at radius 2 is 1.75 bits per heavy atom. The highest BCUT2D eigenvalue weighted by Gasteiger charge is 2.28. The third-order valence-corrected chi connectivity index (χ3v) is 7.16. The van der Waals surface area contributed by atoms with Crippen molar-refractivity contribution in [2.24, 2.45) is 18.2 Å². The molecule has 0 spiro atoms. The lowest BCUT2D eigenvalue weighted by atomic mass is 9.82. The molecule has 2 aromatic heterocycles. The molecule has 8 nitrogen and oxygen atoms in total. The number of anilines is 1. The minimum absolute atomic E-state index is 0.100. The molecular formula is C31H37ClN4O4. The van der Waals surface area contributed by atoms with Crippen LogP contribution in [0.15, 0.2) is 57.7 Å². The number of benzene rings is 2. The Kier molecular flexibility index (Phi) is 8.15. The van der Waals surface area contributed by atoms with Gasteiger partial charge in [-0.25, -0.2) is 4.68 Å². The van der Waals surface area contributed by atoms with Crippen molar-refractivity contribution < 1.29 is 14.0 Å². The molecule has 2 aromatic carbocycles. The summed E-state index contributed by atoms with van der Waals surface area (Å²) in [7, 11) is 1.79. The highest BCUT2D eigenvalue weighted by atomic mass is 35.5. The van der Waals surface area contributed by atoms with Crippen molar-refractivity contribution in [1.29, 1.82) is 0 Å². The molecule has 3 N–H and O–H groups in total. The van der Waals surface area contributed by atoms with Crippen LogP contribution < -0.4 is 16.6 Å². The van der Waals surface area contributed by atoms with Crippen LogP contribution in [-0.4, -0.2) is 26.6 Å². The minimum Gasteiger partial charge on any atom is -0.461 e. The lowest BCUT2D eigenvalue weighted by molar-refractivity contribution is -0.118. The number of hydrogen-bond acceptors (Lipinski definition) is 5. The van der Waals surface area contributed by atoms with Crippen LogP contribution in [0.4, 0.5) is 5.69 Å². The molecule has 0 saturated heterocycles. The second-order valence-electron chi connectivity index (χ2n) is 12.0. The van der Waals surface area contributed by atoms with Crippen LogP contribution in [0.1, 0.15) is 68.8 Å². The first kappa shape index (κ1) is 29.4. The van der Waals surface area contributed by atoms with E-state index in [0.29, 0.717) is 46.2 Å². The molecule has 0 aliphatic carbocycles. The highest BCUT2D eigenvalue weighted by molar-refractivity contribution is 6.32. The van der Waals surface area contributed by atoms with Crippen LogP contribution in [0.2, 0.25) is 5.02 Å². The van der Waals surface area contributed by atoms with E-state index in [2.05, 4.69) is 5.32 Å². The molecule has 4 aromatic rings. The van der Waals surface area contributed by atoms with Gasteiger partial charge in [0.05, 0.1) is 16.9 Å². The number of hydrogen-bond donors (Lipinski definition) is 2. The number of nitrogens with zero attached hydrogens (tertiary/aromatic N) is 2. The summed E-state index contributed by atoms with van der Waals surface area (Å²) in [6.45, 7) is 9.44. The maximum Gasteiger partial charge on any atom is 0.295 e. The first-order valence-corrected chi connectivity index (χ1v) is 13.7. The summed E-state index contributed by atoms with van der Waals surface area (Å²) >= 11 is 6.25. The molecule has 40 heavy (non-hydrogen) atoms. The number of furan rings is 1. The quantitative estimate of drug-likeness (QED) is 0.223. The lowest BCUT2D eigenvalue weighted by Crippen LogP contribution is -2.36. The summed E-state index contributed by atoms with van der Waals surface area (Å²) < 4.78 is 9.03. The maximum atomic E-state index is 13.5. The third-order valence-electron chi connectivity index (χ3n) is 6.95. The Morgan fingerprint density at radius 1 is 1.07 bits per heavy atom. The second kappa shape index (κ2) is 11.1. The second-order valence-corrected chi connectivity index (χ2v) is 12.4. The van der Waals surface area contributed by atoms with E-state index >= 15 is 0 Å². The molecule has 1 amide bonds. The number of para-hydroxylation sites is 1. The molecule has 0 saturated carbocycles. The Morgan fingerprint density at radius 3 is 2.40 bits per heavy atom. The average molecular weight is 565 g/mol.